The van der Waals surface area contributed by atoms with E-state index in [9.17, 15) is 9.90 Å². The van der Waals surface area contributed by atoms with Crippen LogP contribution in [0.15, 0.2) is 12.1 Å². The van der Waals surface area contributed by atoms with E-state index in [2.05, 4.69) is 0 Å². The standard InChI is InChI=1S/C13H16O4/c1-3-16-13(15)9-4-5-17-12-7-11(14)8(2)6-10(9)12/h6-7,9,14H,3-5H2,1-2H3. The molecule has 0 aromatic heterocycles. The van der Waals surface area contributed by atoms with E-state index in [1.165, 1.54) is 0 Å². The molecule has 0 aliphatic carbocycles. The van der Waals surface area contributed by atoms with Crippen molar-refractivity contribution in [3.05, 3.63) is 23.3 Å². The number of ether oxygens (including phenoxy) is 2. The fraction of sp³-hybridized carbons (Fsp3) is 0.462. The van der Waals surface area contributed by atoms with E-state index in [1.807, 2.05) is 0 Å². The molecular formula is C13H16O4. The molecule has 1 N–H and O–H groups in total. The summed E-state index contributed by atoms with van der Waals surface area (Å²) in [4.78, 5) is 11.8. The van der Waals surface area contributed by atoms with Gasteiger partial charge in [0.15, 0.2) is 0 Å². The summed E-state index contributed by atoms with van der Waals surface area (Å²) in [6, 6.07) is 3.36. The van der Waals surface area contributed by atoms with Gasteiger partial charge in [0.2, 0.25) is 0 Å². The van der Waals surface area contributed by atoms with E-state index in [1.54, 1.807) is 26.0 Å². The van der Waals surface area contributed by atoms with Gasteiger partial charge in [0.05, 0.1) is 19.1 Å². The van der Waals surface area contributed by atoms with Crippen LogP contribution in [0.1, 0.15) is 30.4 Å². The Bertz CT molecular complexity index is 439. The third kappa shape index (κ3) is 2.20. The lowest BCUT2D eigenvalue weighted by molar-refractivity contribution is -0.145. The van der Waals surface area contributed by atoms with Gasteiger partial charge in [-0.25, -0.2) is 0 Å². The van der Waals surface area contributed by atoms with Crippen molar-refractivity contribution in [2.75, 3.05) is 13.2 Å². The number of carbonyl (C=O) groups excluding carboxylic acids is 1. The molecule has 1 aliphatic heterocycles. The Hall–Kier alpha value is -1.71. The van der Waals surface area contributed by atoms with Crippen LogP contribution in [0.3, 0.4) is 0 Å². The fourth-order valence-electron chi connectivity index (χ4n) is 2.03. The highest BCUT2D eigenvalue weighted by Gasteiger charge is 2.29. The average molecular weight is 236 g/mol. The highest BCUT2D eigenvalue weighted by atomic mass is 16.5. The molecule has 92 valence electrons. The van der Waals surface area contributed by atoms with E-state index >= 15 is 0 Å². The molecule has 2 rings (SSSR count). The van der Waals surface area contributed by atoms with Crippen LogP contribution >= 0.6 is 0 Å². The minimum atomic E-state index is -0.280. The van der Waals surface area contributed by atoms with Crippen LogP contribution in [0.25, 0.3) is 0 Å². The molecule has 1 heterocycles. The molecule has 1 unspecified atom stereocenters. The molecule has 0 radical (unpaired) electrons. The molecule has 0 bridgehead atoms. The van der Waals surface area contributed by atoms with Crippen LogP contribution < -0.4 is 4.74 Å². The van der Waals surface area contributed by atoms with Crippen molar-refractivity contribution in [3.63, 3.8) is 0 Å². The lowest BCUT2D eigenvalue weighted by Gasteiger charge is -2.25. The van der Waals surface area contributed by atoms with Crippen molar-refractivity contribution < 1.29 is 19.4 Å². The number of esters is 1. The zero-order chi connectivity index (χ0) is 12.4. The number of aryl methyl sites for hydroxylation is 1. The molecule has 1 atom stereocenters. The Balaban J connectivity index is 2.37. The second-order valence-electron chi connectivity index (χ2n) is 4.12. The Morgan fingerprint density at radius 2 is 2.35 bits per heavy atom. The first-order chi connectivity index (χ1) is 8.13. The molecular weight excluding hydrogens is 220 g/mol. The van der Waals surface area contributed by atoms with Gasteiger partial charge in [-0.3, -0.25) is 4.79 Å². The number of hydrogen-bond donors (Lipinski definition) is 1. The van der Waals surface area contributed by atoms with Gasteiger partial charge in [-0.15, -0.1) is 0 Å². The lowest BCUT2D eigenvalue weighted by atomic mass is 9.91. The molecule has 0 saturated carbocycles. The molecule has 4 nitrogen and oxygen atoms in total. The van der Waals surface area contributed by atoms with Crippen molar-refractivity contribution in [1.82, 2.24) is 0 Å². The van der Waals surface area contributed by atoms with Crippen molar-refractivity contribution in [2.45, 2.75) is 26.2 Å². The maximum atomic E-state index is 11.8. The minimum absolute atomic E-state index is 0.188. The SMILES string of the molecule is CCOC(=O)C1CCOc2cc(O)c(C)cc21. The number of phenols is 1. The Morgan fingerprint density at radius 1 is 1.59 bits per heavy atom. The molecule has 1 aromatic carbocycles. The summed E-state index contributed by atoms with van der Waals surface area (Å²) < 4.78 is 10.5. The maximum Gasteiger partial charge on any atom is 0.313 e. The van der Waals surface area contributed by atoms with Gasteiger partial charge >= 0.3 is 5.97 Å². The van der Waals surface area contributed by atoms with E-state index < -0.39 is 0 Å². The zero-order valence-electron chi connectivity index (χ0n) is 10.0. The number of hydrogen-bond acceptors (Lipinski definition) is 4. The van der Waals surface area contributed by atoms with Crippen LogP contribution in [-0.4, -0.2) is 24.3 Å². The molecule has 0 amide bonds. The smallest absolute Gasteiger partial charge is 0.313 e. The van der Waals surface area contributed by atoms with Crippen LogP contribution in [0, 0.1) is 6.92 Å². The van der Waals surface area contributed by atoms with Crippen LogP contribution in [0.2, 0.25) is 0 Å². The molecule has 0 spiro atoms. The first-order valence-corrected chi connectivity index (χ1v) is 5.76. The second kappa shape index (κ2) is 4.65. The molecule has 17 heavy (non-hydrogen) atoms. The summed E-state index contributed by atoms with van der Waals surface area (Å²) in [5.41, 5.74) is 1.55. The van der Waals surface area contributed by atoms with E-state index in [4.69, 9.17) is 9.47 Å². The number of phenolic OH excluding ortho intramolecular Hbond substituents is 1. The number of rotatable bonds is 2. The van der Waals surface area contributed by atoms with E-state index in [-0.39, 0.29) is 17.6 Å². The van der Waals surface area contributed by atoms with Crippen molar-refractivity contribution >= 4 is 5.97 Å². The molecule has 4 heteroatoms. The molecule has 1 aliphatic rings. The van der Waals surface area contributed by atoms with Gasteiger partial charge in [0, 0.05) is 11.6 Å². The summed E-state index contributed by atoms with van der Waals surface area (Å²) >= 11 is 0. The highest BCUT2D eigenvalue weighted by Crippen LogP contribution is 2.38. The third-order valence-electron chi connectivity index (χ3n) is 2.94. The van der Waals surface area contributed by atoms with Crippen LogP contribution in [-0.2, 0) is 9.53 Å². The van der Waals surface area contributed by atoms with Crippen molar-refractivity contribution in [2.24, 2.45) is 0 Å². The largest absolute Gasteiger partial charge is 0.508 e. The Labute approximate surface area is 100 Å². The quantitative estimate of drug-likeness (QED) is 0.799. The van der Waals surface area contributed by atoms with Crippen LogP contribution in [0.5, 0.6) is 11.5 Å². The summed E-state index contributed by atoms with van der Waals surface area (Å²) in [7, 11) is 0. The van der Waals surface area contributed by atoms with Crippen molar-refractivity contribution in [3.8, 4) is 11.5 Å². The third-order valence-corrected chi connectivity index (χ3v) is 2.94. The number of carbonyl (C=O) groups is 1. The maximum absolute atomic E-state index is 11.8. The zero-order valence-corrected chi connectivity index (χ0v) is 10.0. The van der Waals surface area contributed by atoms with E-state index in [0.717, 1.165) is 11.1 Å². The van der Waals surface area contributed by atoms with Gasteiger partial charge in [-0.1, -0.05) is 0 Å². The molecule has 0 fully saturated rings. The monoisotopic (exact) mass is 236 g/mol. The summed E-state index contributed by atoms with van der Waals surface area (Å²) in [5.74, 6) is 0.269. The lowest BCUT2D eigenvalue weighted by Crippen LogP contribution is -2.23. The molecule has 0 saturated heterocycles. The Kier molecular flexibility index (Phi) is 3.22. The van der Waals surface area contributed by atoms with Gasteiger partial charge in [-0.2, -0.15) is 0 Å². The summed E-state index contributed by atoms with van der Waals surface area (Å²) in [5, 5.41) is 9.61. The van der Waals surface area contributed by atoms with Crippen molar-refractivity contribution in [1.29, 1.82) is 0 Å². The number of aromatic hydroxyl groups is 1. The minimum Gasteiger partial charge on any atom is -0.508 e. The number of benzene rings is 1. The summed E-state index contributed by atoms with van der Waals surface area (Å²) in [6.07, 6.45) is 0.621. The highest BCUT2D eigenvalue weighted by molar-refractivity contribution is 5.80. The molecule has 1 aromatic rings. The summed E-state index contributed by atoms with van der Waals surface area (Å²) in [6.45, 7) is 4.44. The van der Waals surface area contributed by atoms with Gasteiger partial charge in [-0.05, 0) is 31.9 Å². The van der Waals surface area contributed by atoms with Crippen LogP contribution in [0.4, 0.5) is 0 Å². The second-order valence-corrected chi connectivity index (χ2v) is 4.12. The van der Waals surface area contributed by atoms with Gasteiger partial charge in [0.25, 0.3) is 0 Å². The fourth-order valence-corrected chi connectivity index (χ4v) is 2.03. The number of fused-ring (bicyclic) bond motifs is 1. The first-order valence-electron chi connectivity index (χ1n) is 5.76. The predicted octanol–water partition coefficient (Wildman–Crippen LogP) is 2.13. The van der Waals surface area contributed by atoms with E-state index in [0.29, 0.717) is 25.4 Å². The van der Waals surface area contributed by atoms with Gasteiger partial charge < -0.3 is 14.6 Å². The first kappa shape index (κ1) is 11.8. The normalized spacial score (nSPS) is 18.1. The average Bonchev–Trinajstić information content (AvgIpc) is 2.30. The predicted molar refractivity (Wildman–Crippen MR) is 62.3 cm³/mol. The topological polar surface area (TPSA) is 55.8 Å². The van der Waals surface area contributed by atoms with Gasteiger partial charge in [0.1, 0.15) is 11.5 Å². The Morgan fingerprint density at radius 3 is 3.06 bits per heavy atom.